The molecule has 2 fully saturated rings. The van der Waals surface area contributed by atoms with Crippen LogP contribution in [0.2, 0.25) is 0 Å². The van der Waals surface area contributed by atoms with E-state index in [1.54, 1.807) is 17.0 Å². The van der Waals surface area contributed by atoms with Gasteiger partial charge in [-0.3, -0.25) is 9.10 Å². The molecular weight excluding hydrogens is 364 g/mol. The molecule has 2 saturated heterocycles. The first-order valence-corrected chi connectivity index (χ1v) is 11.6. The molecule has 0 N–H and O–H groups in total. The Morgan fingerprint density at radius 3 is 2.11 bits per heavy atom. The Balaban J connectivity index is 1.70. The van der Waals surface area contributed by atoms with Gasteiger partial charge in [0.2, 0.25) is 15.9 Å². The van der Waals surface area contributed by atoms with Crippen LogP contribution in [-0.4, -0.2) is 82.7 Å². The largest absolute Gasteiger partial charge is 0.372 e. The smallest absolute Gasteiger partial charge is 0.243 e. The monoisotopic (exact) mass is 394 g/mol. The predicted molar refractivity (Wildman–Crippen MR) is 109 cm³/mol. The van der Waals surface area contributed by atoms with Gasteiger partial charge in [-0.25, -0.2) is 8.42 Å². The van der Waals surface area contributed by atoms with Crippen molar-refractivity contribution in [3.8, 4) is 0 Å². The molecule has 8 heteroatoms. The number of nitrogens with zero attached hydrogens (tertiary/aromatic N) is 4. The number of hydrogen-bond donors (Lipinski definition) is 0. The fraction of sp³-hybridized carbons (Fsp3) is 0.632. The van der Waals surface area contributed by atoms with Crippen molar-refractivity contribution in [3.63, 3.8) is 0 Å². The molecule has 0 atom stereocenters. The minimum atomic E-state index is -3.54. The number of piperazine rings is 1. The number of rotatable bonds is 6. The van der Waals surface area contributed by atoms with Crippen molar-refractivity contribution < 1.29 is 13.2 Å². The van der Waals surface area contributed by atoms with Gasteiger partial charge in [0.25, 0.3) is 0 Å². The molecule has 0 radical (unpaired) electrons. The number of sulfonamides is 1. The fourth-order valence-electron chi connectivity index (χ4n) is 3.74. The van der Waals surface area contributed by atoms with Gasteiger partial charge in [0, 0.05) is 45.0 Å². The standard InChI is InChI=1S/C19H30N4O3S/c1-3-20-12-14-22(15-13-20)19(24)16-23(27(2,25)26)18-8-6-17(7-9-18)21-10-4-5-11-21/h6-9H,3-5,10-16H2,1-2H3. The molecule has 7 nitrogen and oxygen atoms in total. The second-order valence-electron chi connectivity index (χ2n) is 7.30. The summed E-state index contributed by atoms with van der Waals surface area (Å²) in [4.78, 5) is 19.0. The molecule has 0 saturated carbocycles. The van der Waals surface area contributed by atoms with E-state index < -0.39 is 10.0 Å². The molecule has 2 aliphatic heterocycles. The number of likely N-dealkylation sites (N-methyl/N-ethyl adjacent to an activating group) is 1. The molecule has 0 unspecified atom stereocenters. The maximum Gasteiger partial charge on any atom is 0.243 e. The van der Waals surface area contributed by atoms with Gasteiger partial charge in [0.15, 0.2) is 0 Å². The van der Waals surface area contributed by atoms with Crippen LogP contribution in [0.25, 0.3) is 0 Å². The first-order chi connectivity index (χ1) is 12.9. The molecule has 1 aromatic rings. The summed E-state index contributed by atoms with van der Waals surface area (Å²) in [5.41, 5.74) is 1.65. The van der Waals surface area contributed by atoms with E-state index in [1.165, 1.54) is 17.1 Å². The molecule has 27 heavy (non-hydrogen) atoms. The molecule has 0 aromatic heterocycles. The van der Waals surface area contributed by atoms with Crippen molar-refractivity contribution in [2.45, 2.75) is 19.8 Å². The third kappa shape index (κ3) is 4.93. The van der Waals surface area contributed by atoms with Gasteiger partial charge in [0.05, 0.1) is 11.9 Å². The number of carbonyl (C=O) groups is 1. The average molecular weight is 395 g/mol. The highest BCUT2D eigenvalue weighted by Gasteiger charge is 2.26. The van der Waals surface area contributed by atoms with Crippen LogP contribution < -0.4 is 9.21 Å². The molecule has 0 bridgehead atoms. The second-order valence-corrected chi connectivity index (χ2v) is 9.20. The van der Waals surface area contributed by atoms with Crippen molar-refractivity contribution in [1.82, 2.24) is 9.80 Å². The van der Waals surface area contributed by atoms with Gasteiger partial charge in [-0.2, -0.15) is 0 Å². The van der Waals surface area contributed by atoms with E-state index >= 15 is 0 Å². The summed E-state index contributed by atoms with van der Waals surface area (Å²) in [6, 6.07) is 7.50. The van der Waals surface area contributed by atoms with E-state index in [0.717, 1.165) is 44.7 Å². The summed E-state index contributed by atoms with van der Waals surface area (Å²) in [5.74, 6) is -0.139. The van der Waals surface area contributed by atoms with Crippen molar-refractivity contribution in [3.05, 3.63) is 24.3 Å². The number of carbonyl (C=O) groups excluding carboxylic acids is 1. The molecule has 2 heterocycles. The van der Waals surface area contributed by atoms with E-state index in [4.69, 9.17) is 0 Å². The van der Waals surface area contributed by atoms with Crippen LogP contribution in [0.5, 0.6) is 0 Å². The van der Waals surface area contributed by atoms with Gasteiger partial charge in [-0.1, -0.05) is 6.92 Å². The van der Waals surface area contributed by atoms with Crippen LogP contribution in [0.15, 0.2) is 24.3 Å². The lowest BCUT2D eigenvalue weighted by atomic mass is 10.2. The van der Waals surface area contributed by atoms with Crippen molar-refractivity contribution in [2.75, 3.05) is 67.8 Å². The van der Waals surface area contributed by atoms with Gasteiger partial charge in [0.1, 0.15) is 6.54 Å². The van der Waals surface area contributed by atoms with Crippen LogP contribution >= 0.6 is 0 Å². The molecule has 150 valence electrons. The first kappa shape index (κ1) is 19.9. The summed E-state index contributed by atoms with van der Waals surface area (Å²) >= 11 is 0. The van der Waals surface area contributed by atoms with Crippen LogP contribution in [0.4, 0.5) is 11.4 Å². The number of hydrogen-bond acceptors (Lipinski definition) is 5. The number of anilines is 2. The first-order valence-electron chi connectivity index (χ1n) is 9.71. The van der Waals surface area contributed by atoms with Crippen molar-refractivity contribution in [2.24, 2.45) is 0 Å². The lowest BCUT2D eigenvalue weighted by Gasteiger charge is -2.35. The zero-order chi connectivity index (χ0) is 19.4. The van der Waals surface area contributed by atoms with Gasteiger partial charge in [-0.15, -0.1) is 0 Å². The fourth-order valence-corrected chi connectivity index (χ4v) is 4.59. The summed E-state index contributed by atoms with van der Waals surface area (Å²) in [7, 11) is -3.54. The van der Waals surface area contributed by atoms with Crippen LogP contribution in [0, 0.1) is 0 Å². The zero-order valence-electron chi connectivity index (χ0n) is 16.3. The molecule has 3 rings (SSSR count). The lowest BCUT2D eigenvalue weighted by Crippen LogP contribution is -2.51. The molecular formula is C19H30N4O3S. The molecule has 2 aliphatic rings. The van der Waals surface area contributed by atoms with Crippen LogP contribution in [-0.2, 0) is 14.8 Å². The number of benzene rings is 1. The summed E-state index contributed by atoms with van der Waals surface area (Å²) in [5, 5.41) is 0. The Morgan fingerprint density at radius 1 is 1.00 bits per heavy atom. The minimum absolute atomic E-state index is 0.139. The summed E-state index contributed by atoms with van der Waals surface area (Å²) in [6.07, 6.45) is 3.54. The summed E-state index contributed by atoms with van der Waals surface area (Å²) in [6.45, 7) is 7.99. The Kier molecular flexibility index (Phi) is 6.26. The average Bonchev–Trinajstić information content (AvgIpc) is 3.20. The Bertz CT molecular complexity index is 737. The second kappa shape index (κ2) is 8.48. The van der Waals surface area contributed by atoms with E-state index in [0.29, 0.717) is 18.8 Å². The highest BCUT2D eigenvalue weighted by molar-refractivity contribution is 7.92. The lowest BCUT2D eigenvalue weighted by molar-refractivity contribution is -0.131. The SMILES string of the molecule is CCN1CCN(C(=O)CN(c2ccc(N3CCCC3)cc2)S(C)(=O)=O)CC1. The highest BCUT2D eigenvalue weighted by atomic mass is 32.2. The number of amides is 1. The predicted octanol–water partition coefficient (Wildman–Crippen LogP) is 1.22. The maximum absolute atomic E-state index is 12.7. The van der Waals surface area contributed by atoms with Gasteiger partial charge in [-0.05, 0) is 43.7 Å². The maximum atomic E-state index is 12.7. The van der Waals surface area contributed by atoms with E-state index in [-0.39, 0.29) is 12.5 Å². The molecule has 1 amide bonds. The topological polar surface area (TPSA) is 64.2 Å². The molecule has 0 spiro atoms. The van der Waals surface area contributed by atoms with Gasteiger partial charge >= 0.3 is 0 Å². The Hall–Kier alpha value is -1.80. The summed E-state index contributed by atoms with van der Waals surface area (Å²) < 4.78 is 25.9. The zero-order valence-corrected chi connectivity index (χ0v) is 17.1. The van der Waals surface area contributed by atoms with E-state index in [2.05, 4.69) is 16.7 Å². The van der Waals surface area contributed by atoms with Crippen LogP contribution in [0.3, 0.4) is 0 Å². The van der Waals surface area contributed by atoms with E-state index in [1.807, 2.05) is 12.1 Å². The third-order valence-corrected chi connectivity index (χ3v) is 6.60. The van der Waals surface area contributed by atoms with Crippen molar-refractivity contribution in [1.29, 1.82) is 0 Å². The Morgan fingerprint density at radius 2 is 1.59 bits per heavy atom. The van der Waals surface area contributed by atoms with Crippen LogP contribution in [0.1, 0.15) is 19.8 Å². The normalized spacial score (nSPS) is 18.7. The highest BCUT2D eigenvalue weighted by Crippen LogP contribution is 2.25. The Labute approximate surface area is 162 Å². The third-order valence-electron chi connectivity index (χ3n) is 5.46. The quantitative estimate of drug-likeness (QED) is 0.726. The van der Waals surface area contributed by atoms with Gasteiger partial charge < -0.3 is 14.7 Å². The van der Waals surface area contributed by atoms with Crippen molar-refractivity contribution >= 4 is 27.3 Å². The minimum Gasteiger partial charge on any atom is -0.372 e. The molecule has 1 aromatic carbocycles. The van der Waals surface area contributed by atoms with E-state index in [9.17, 15) is 13.2 Å². The molecule has 0 aliphatic carbocycles.